The van der Waals surface area contributed by atoms with Gasteiger partial charge in [0, 0.05) is 32.6 Å². The highest BCUT2D eigenvalue weighted by Crippen LogP contribution is 2.16. The van der Waals surface area contributed by atoms with Gasteiger partial charge in [0.25, 0.3) is 5.95 Å². The molecule has 0 spiro atoms. The topological polar surface area (TPSA) is 95.0 Å². The molecule has 3 rings (SSSR count). The normalized spacial score (nSPS) is 18.4. The number of hydrogen-bond acceptors (Lipinski definition) is 7. The Morgan fingerprint density at radius 2 is 2.35 bits per heavy atom. The summed E-state index contributed by atoms with van der Waals surface area (Å²) in [5.41, 5.74) is 5.75. The molecule has 0 bridgehead atoms. The van der Waals surface area contributed by atoms with Gasteiger partial charge in [0.2, 0.25) is 11.9 Å². The molecule has 1 atom stereocenters. The van der Waals surface area contributed by atoms with Crippen molar-refractivity contribution in [3.63, 3.8) is 0 Å². The van der Waals surface area contributed by atoms with E-state index in [0.717, 1.165) is 26.0 Å². The van der Waals surface area contributed by atoms with E-state index in [1.807, 2.05) is 11.9 Å². The third-order valence-corrected chi connectivity index (χ3v) is 3.18. The van der Waals surface area contributed by atoms with E-state index < -0.39 is 0 Å². The lowest BCUT2D eigenvalue weighted by Gasteiger charge is -2.20. The monoisotopic (exact) mass is 275 g/mol. The van der Waals surface area contributed by atoms with E-state index in [-0.39, 0.29) is 12.1 Å². The van der Waals surface area contributed by atoms with Gasteiger partial charge in [-0.2, -0.15) is 20.1 Å². The van der Waals surface area contributed by atoms with Crippen LogP contribution in [0, 0.1) is 0 Å². The Bertz CT molecular complexity index is 565. The van der Waals surface area contributed by atoms with Gasteiger partial charge in [0.15, 0.2) is 0 Å². The third-order valence-electron chi connectivity index (χ3n) is 3.18. The summed E-state index contributed by atoms with van der Waals surface area (Å²) >= 11 is 0. The van der Waals surface area contributed by atoms with Crippen molar-refractivity contribution >= 4 is 11.9 Å². The van der Waals surface area contributed by atoms with E-state index in [4.69, 9.17) is 10.5 Å². The number of aromatic nitrogens is 5. The molecule has 1 saturated heterocycles. The van der Waals surface area contributed by atoms with Crippen LogP contribution in [0.1, 0.15) is 12.8 Å². The summed E-state index contributed by atoms with van der Waals surface area (Å²) in [7, 11) is 1.92. The first kappa shape index (κ1) is 12.8. The van der Waals surface area contributed by atoms with Crippen molar-refractivity contribution in [1.82, 2.24) is 24.7 Å². The maximum Gasteiger partial charge on any atom is 0.257 e. The molecule has 0 radical (unpaired) electrons. The molecule has 20 heavy (non-hydrogen) atoms. The second-order valence-electron chi connectivity index (χ2n) is 4.76. The standard InChI is InChI=1S/C12H17N7O/c1-18(8-9-4-2-7-20-9)11-15-10(13)16-12(17-11)19-6-3-5-14-19/h3,5-6,9H,2,4,7-8H2,1H3,(H2,13,15,16,17). The van der Waals surface area contributed by atoms with Crippen molar-refractivity contribution in [3.8, 4) is 5.95 Å². The summed E-state index contributed by atoms with van der Waals surface area (Å²) < 4.78 is 7.17. The number of rotatable bonds is 4. The van der Waals surface area contributed by atoms with Crippen LogP contribution in [0.2, 0.25) is 0 Å². The second kappa shape index (κ2) is 5.41. The lowest BCUT2D eigenvalue weighted by molar-refractivity contribution is 0.116. The number of hydrogen-bond donors (Lipinski definition) is 1. The van der Waals surface area contributed by atoms with E-state index in [1.54, 1.807) is 23.1 Å². The molecule has 3 heterocycles. The van der Waals surface area contributed by atoms with Gasteiger partial charge in [0.05, 0.1) is 6.10 Å². The molecule has 1 unspecified atom stereocenters. The van der Waals surface area contributed by atoms with Gasteiger partial charge in [0.1, 0.15) is 0 Å². The summed E-state index contributed by atoms with van der Waals surface area (Å²) in [6.07, 6.45) is 5.83. The van der Waals surface area contributed by atoms with Gasteiger partial charge in [-0.1, -0.05) is 0 Å². The minimum atomic E-state index is 0.180. The Labute approximate surface area is 116 Å². The van der Waals surface area contributed by atoms with Gasteiger partial charge >= 0.3 is 0 Å². The molecule has 0 aromatic carbocycles. The quantitative estimate of drug-likeness (QED) is 0.854. The Morgan fingerprint density at radius 1 is 1.45 bits per heavy atom. The zero-order chi connectivity index (χ0) is 13.9. The predicted molar refractivity (Wildman–Crippen MR) is 73.6 cm³/mol. The summed E-state index contributed by atoms with van der Waals surface area (Å²) in [4.78, 5) is 14.6. The molecule has 1 aliphatic rings. The first-order valence-corrected chi connectivity index (χ1v) is 6.56. The molecular formula is C12H17N7O. The highest BCUT2D eigenvalue weighted by atomic mass is 16.5. The third kappa shape index (κ3) is 2.69. The first-order valence-electron chi connectivity index (χ1n) is 6.56. The molecule has 2 N–H and O–H groups in total. The summed E-state index contributed by atoms with van der Waals surface area (Å²) in [5.74, 6) is 1.12. The summed E-state index contributed by atoms with van der Waals surface area (Å²) in [6, 6.07) is 1.80. The number of nitrogen functional groups attached to an aromatic ring is 1. The van der Waals surface area contributed by atoms with Gasteiger partial charge in [-0.3, -0.25) is 0 Å². The first-order chi connectivity index (χ1) is 9.72. The molecule has 1 aliphatic heterocycles. The van der Waals surface area contributed by atoms with Crippen molar-refractivity contribution in [2.75, 3.05) is 30.8 Å². The molecule has 106 valence electrons. The van der Waals surface area contributed by atoms with E-state index in [1.165, 1.54) is 0 Å². The minimum Gasteiger partial charge on any atom is -0.376 e. The molecule has 2 aromatic heterocycles. The van der Waals surface area contributed by atoms with Gasteiger partial charge in [-0.15, -0.1) is 0 Å². The number of likely N-dealkylation sites (N-methyl/N-ethyl adjacent to an activating group) is 1. The van der Waals surface area contributed by atoms with E-state index in [0.29, 0.717) is 11.9 Å². The molecular weight excluding hydrogens is 258 g/mol. The zero-order valence-corrected chi connectivity index (χ0v) is 11.3. The van der Waals surface area contributed by atoms with Crippen LogP contribution in [0.3, 0.4) is 0 Å². The molecule has 0 saturated carbocycles. The highest BCUT2D eigenvalue weighted by molar-refractivity contribution is 5.37. The number of nitrogens with two attached hydrogens (primary N) is 1. The summed E-state index contributed by atoms with van der Waals surface area (Å²) in [5, 5.41) is 4.10. The minimum absolute atomic E-state index is 0.180. The van der Waals surface area contributed by atoms with Crippen LogP contribution in [0.5, 0.6) is 0 Å². The van der Waals surface area contributed by atoms with Crippen LogP contribution in [0.4, 0.5) is 11.9 Å². The van der Waals surface area contributed by atoms with E-state index in [9.17, 15) is 0 Å². The molecule has 2 aromatic rings. The molecule has 0 aliphatic carbocycles. The summed E-state index contributed by atoms with van der Waals surface area (Å²) in [6.45, 7) is 1.57. The van der Waals surface area contributed by atoms with Crippen LogP contribution in [0.15, 0.2) is 18.5 Å². The molecule has 8 heteroatoms. The fourth-order valence-corrected chi connectivity index (χ4v) is 2.21. The van der Waals surface area contributed by atoms with E-state index >= 15 is 0 Å². The van der Waals surface area contributed by atoms with E-state index in [2.05, 4.69) is 20.1 Å². The SMILES string of the molecule is CN(CC1CCCO1)c1nc(N)nc(-n2cccn2)n1. The maximum absolute atomic E-state index is 5.75. The average molecular weight is 275 g/mol. The van der Waals surface area contributed by atoms with Gasteiger partial charge < -0.3 is 15.4 Å². The highest BCUT2D eigenvalue weighted by Gasteiger charge is 2.19. The molecule has 8 nitrogen and oxygen atoms in total. The number of anilines is 2. The molecule has 0 amide bonds. The van der Waals surface area contributed by atoms with Crippen LogP contribution in [-0.2, 0) is 4.74 Å². The van der Waals surface area contributed by atoms with Crippen molar-refractivity contribution in [3.05, 3.63) is 18.5 Å². The van der Waals surface area contributed by atoms with Crippen molar-refractivity contribution < 1.29 is 4.74 Å². The van der Waals surface area contributed by atoms with Gasteiger partial charge in [-0.25, -0.2) is 4.68 Å². The lowest BCUT2D eigenvalue weighted by Crippen LogP contribution is -2.30. The number of nitrogens with zero attached hydrogens (tertiary/aromatic N) is 6. The Hall–Kier alpha value is -2.22. The second-order valence-corrected chi connectivity index (χ2v) is 4.76. The zero-order valence-electron chi connectivity index (χ0n) is 11.3. The maximum atomic E-state index is 5.75. The fourth-order valence-electron chi connectivity index (χ4n) is 2.21. The molecule has 1 fully saturated rings. The Morgan fingerprint density at radius 3 is 3.05 bits per heavy atom. The van der Waals surface area contributed by atoms with Crippen molar-refractivity contribution in [1.29, 1.82) is 0 Å². The van der Waals surface area contributed by atoms with Crippen LogP contribution >= 0.6 is 0 Å². The predicted octanol–water partition coefficient (Wildman–Crippen LogP) is 0.255. The van der Waals surface area contributed by atoms with Crippen molar-refractivity contribution in [2.24, 2.45) is 0 Å². The van der Waals surface area contributed by atoms with Crippen LogP contribution < -0.4 is 10.6 Å². The average Bonchev–Trinajstić information content (AvgIpc) is 3.11. The fraction of sp³-hybridized carbons (Fsp3) is 0.500. The van der Waals surface area contributed by atoms with Crippen LogP contribution in [0.25, 0.3) is 5.95 Å². The van der Waals surface area contributed by atoms with Crippen molar-refractivity contribution in [2.45, 2.75) is 18.9 Å². The number of ether oxygens (including phenoxy) is 1. The smallest absolute Gasteiger partial charge is 0.257 e. The Kier molecular flexibility index (Phi) is 3.46. The van der Waals surface area contributed by atoms with Crippen LogP contribution in [-0.4, -0.2) is 51.0 Å². The lowest BCUT2D eigenvalue weighted by atomic mass is 10.2. The van der Waals surface area contributed by atoms with Gasteiger partial charge in [-0.05, 0) is 18.9 Å². The largest absolute Gasteiger partial charge is 0.376 e. The Balaban J connectivity index is 1.81.